The van der Waals surface area contributed by atoms with Gasteiger partial charge in [-0.1, -0.05) is 6.07 Å². The Morgan fingerprint density at radius 2 is 1.54 bits per heavy atom. The number of alkyl halides is 3. The SMILES string of the molecule is Cc1ccc(C(=O)N2CCC3(CC2)CC(N2CCN(c4ccc5cn(C6CCC(CNC(=O)c7cc(F)c(O)c(F)c7F)CC6)nc5c4)CC2)C3)cc1N1CCC(=O)NC1=O.O=C(O)C(F)(F)F. The summed E-state index contributed by atoms with van der Waals surface area (Å²) in [5, 5.41) is 27.4. The minimum absolute atomic E-state index is 0.0147. The number of aromatic hydroxyl groups is 1. The summed E-state index contributed by atoms with van der Waals surface area (Å²) in [4.78, 5) is 67.7. The second kappa shape index (κ2) is 19.3. The number of nitrogens with zero attached hydrogens (tertiary/aromatic N) is 6. The Morgan fingerprint density at radius 1 is 0.868 bits per heavy atom. The minimum Gasteiger partial charge on any atom is -0.503 e. The lowest BCUT2D eigenvalue weighted by Gasteiger charge is -2.56. The summed E-state index contributed by atoms with van der Waals surface area (Å²) in [5.41, 5.74) is 3.73. The van der Waals surface area contributed by atoms with E-state index < -0.39 is 52.8 Å². The molecule has 1 aromatic heterocycles. The first-order valence-corrected chi connectivity index (χ1v) is 22.7. The minimum atomic E-state index is -5.08. The van der Waals surface area contributed by atoms with Gasteiger partial charge in [-0.25, -0.2) is 18.4 Å². The van der Waals surface area contributed by atoms with E-state index in [1.165, 1.54) is 5.69 Å². The number of piperidine rings is 1. The Hall–Kier alpha value is -6.38. The fraction of sp³-hybridized carbons (Fsp3) is 0.489. The molecule has 2 aliphatic carbocycles. The van der Waals surface area contributed by atoms with Crippen LogP contribution < -0.4 is 20.4 Å². The van der Waals surface area contributed by atoms with Crippen molar-refractivity contribution in [1.82, 2.24) is 30.2 Å². The van der Waals surface area contributed by atoms with Crippen LogP contribution >= 0.6 is 0 Å². The Morgan fingerprint density at radius 3 is 2.19 bits per heavy atom. The highest BCUT2D eigenvalue weighted by Gasteiger charge is 2.48. The number of amides is 5. The van der Waals surface area contributed by atoms with Crippen LogP contribution in [0.1, 0.15) is 90.1 Å². The number of aryl methyl sites for hydroxylation is 1. The number of fused-ring (bicyclic) bond motifs is 1. The average Bonchev–Trinajstić information content (AvgIpc) is 3.75. The van der Waals surface area contributed by atoms with Crippen molar-refractivity contribution in [2.24, 2.45) is 11.3 Å². The van der Waals surface area contributed by atoms with Gasteiger partial charge in [0.05, 0.1) is 17.1 Å². The Balaban J connectivity index is 0.000000830. The summed E-state index contributed by atoms with van der Waals surface area (Å²) in [6.45, 7) is 7.77. The van der Waals surface area contributed by atoms with Gasteiger partial charge in [-0.15, -0.1) is 0 Å². The van der Waals surface area contributed by atoms with Gasteiger partial charge >= 0.3 is 18.2 Å². The predicted molar refractivity (Wildman–Crippen MR) is 236 cm³/mol. The molecule has 2 saturated carbocycles. The van der Waals surface area contributed by atoms with Crippen LogP contribution in [0.25, 0.3) is 10.9 Å². The van der Waals surface area contributed by atoms with Gasteiger partial charge in [-0.05, 0) is 112 Å². The van der Waals surface area contributed by atoms with Crippen molar-refractivity contribution in [3.05, 3.63) is 82.8 Å². The third kappa shape index (κ3) is 10.2. The fourth-order valence-corrected chi connectivity index (χ4v) is 10.2. The number of carbonyl (C=O) groups excluding carboxylic acids is 4. The quantitative estimate of drug-likeness (QED) is 0.107. The van der Waals surface area contributed by atoms with Gasteiger partial charge < -0.3 is 25.3 Å². The molecule has 364 valence electrons. The maximum atomic E-state index is 14.2. The molecule has 4 heterocycles. The van der Waals surface area contributed by atoms with Gasteiger partial charge in [0.25, 0.3) is 11.8 Å². The number of anilines is 2. The van der Waals surface area contributed by atoms with E-state index in [0.29, 0.717) is 29.9 Å². The molecule has 21 heteroatoms. The van der Waals surface area contributed by atoms with Crippen molar-refractivity contribution in [2.75, 3.05) is 62.2 Å². The van der Waals surface area contributed by atoms with Crippen LogP contribution in [0.3, 0.4) is 0 Å². The van der Waals surface area contributed by atoms with Gasteiger partial charge in [0, 0.05) is 93.3 Å². The van der Waals surface area contributed by atoms with E-state index in [0.717, 1.165) is 107 Å². The van der Waals surface area contributed by atoms with E-state index in [2.05, 4.69) is 44.8 Å². The Kier molecular flexibility index (Phi) is 13.7. The van der Waals surface area contributed by atoms with Crippen molar-refractivity contribution in [3.63, 3.8) is 0 Å². The number of hydrogen-bond acceptors (Lipinski definition) is 9. The second-order valence-corrected chi connectivity index (χ2v) is 18.6. The summed E-state index contributed by atoms with van der Waals surface area (Å²) in [7, 11) is 0. The van der Waals surface area contributed by atoms with Crippen LogP contribution in [0.2, 0.25) is 0 Å². The van der Waals surface area contributed by atoms with E-state index in [-0.39, 0.29) is 42.2 Å². The molecule has 9 rings (SSSR count). The number of carbonyl (C=O) groups is 5. The number of benzene rings is 3. The molecule has 0 radical (unpaired) electrons. The molecule has 3 aliphatic heterocycles. The molecule has 5 fully saturated rings. The number of aromatic nitrogens is 2. The van der Waals surface area contributed by atoms with Crippen molar-refractivity contribution in [2.45, 2.75) is 83.0 Å². The molecular weight excluding hydrogens is 903 g/mol. The largest absolute Gasteiger partial charge is 0.503 e. The fourth-order valence-electron chi connectivity index (χ4n) is 10.2. The van der Waals surface area contributed by atoms with E-state index >= 15 is 0 Å². The van der Waals surface area contributed by atoms with E-state index in [1.54, 1.807) is 11.0 Å². The smallest absolute Gasteiger partial charge is 0.490 e. The molecule has 5 amide bonds. The molecule has 0 unspecified atom stereocenters. The first-order valence-electron chi connectivity index (χ1n) is 22.7. The van der Waals surface area contributed by atoms with Crippen LogP contribution in [0.4, 0.5) is 42.5 Å². The number of aliphatic carboxylic acids is 1. The van der Waals surface area contributed by atoms with Crippen molar-refractivity contribution < 1.29 is 60.5 Å². The van der Waals surface area contributed by atoms with Gasteiger partial charge in [0.2, 0.25) is 11.7 Å². The van der Waals surface area contributed by atoms with E-state index in [1.807, 2.05) is 28.6 Å². The monoisotopic (exact) mass is 954 g/mol. The number of rotatable bonds is 8. The van der Waals surface area contributed by atoms with Gasteiger partial charge in [0.15, 0.2) is 17.4 Å². The molecule has 3 saturated heterocycles. The summed E-state index contributed by atoms with van der Waals surface area (Å²) >= 11 is 0. The van der Waals surface area contributed by atoms with E-state index in [4.69, 9.17) is 15.0 Å². The normalized spacial score (nSPS) is 21.2. The summed E-state index contributed by atoms with van der Waals surface area (Å²) in [5.74, 6) is -10.0. The summed E-state index contributed by atoms with van der Waals surface area (Å²) in [6, 6.07) is 12.8. The number of urea groups is 1. The zero-order chi connectivity index (χ0) is 48.7. The molecule has 0 bridgehead atoms. The lowest BCUT2D eigenvalue weighted by molar-refractivity contribution is -0.192. The molecule has 4 N–H and O–H groups in total. The zero-order valence-electron chi connectivity index (χ0n) is 37.3. The highest BCUT2D eigenvalue weighted by atomic mass is 19.4. The molecular formula is C47H52F6N8O7. The number of hydrogen-bond donors (Lipinski definition) is 4. The maximum absolute atomic E-state index is 14.2. The second-order valence-electron chi connectivity index (χ2n) is 18.6. The lowest BCUT2D eigenvalue weighted by Crippen LogP contribution is -2.59. The lowest BCUT2D eigenvalue weighted by atomic mass is 9.60. The van der Waals surface area contributed by atoms with Crippen molar-refractivity contribution in [3.8, 4) is 5.75 Å². The highest BCUT2D eigenvalue weighted by molar-refractivity contribution is 6.06. The van der Waals surface area contributed by atoms with Crippen LogP contribution in [0, 0.1) is 35.7 Å². The van der Waals surface area contributed by atoms with Gasteiger partial charge in [0.1, 0.15) is 0 Å². The Bertz CT molecular complexity index is 2590. The summed E-state index contributed by atoms with van der Waals surface area (Å²) < 4.78 is 75.4. The van der Waals surface area contributed by atoms with Crippen LogP contribution in [-0.4, -0.2) is 124 Å². The number of likely N-dealkylation sites (tertiary alicyclic amines) is 1. The molecule has 0 atom stereocenters. The topological polar surface area (TPSA) is 181 Å². The molecule has 4 aromatic rings. The Labute approximate surface area is 387 Å². The number of phenols is 1. The number of nitrogens with one attached hydrogen (secondary N) is 2. The average molecular weight is 955 g/mol. The number of imide groups is 1. The van der Waals surface area contributed by atoms with Gasteiger partial charge in [-0.2, -0.15) is 22.7 Å². The number of phenolic OH excluding ortho intramolecular Hbond substituents is 1. The van der Waals surface area contributed by atoms with Crippen molar-refractivity contribution in [1.29, 1.82) is 0 Å². The number of piperazine rings is 1. The zero-order valence-corrected chi connectivity index (χ0v) is 37.3. The number of carboxylic acids is 1. The van der Waals surface area contributed by atoms with Crippen LogP contribution in [0.15, 0.2) is 48.7 Å². The van der Waals surface area contributed by atoms with Crippen molar-refractivity contribution >= 4 is 52.0 Å². The van der Waals surface area contributed by atoms with Crippen LogP contribution in [0.5, 0.6) is 5.75 Å². The third-order valence-corrected chi connectivity index (χ3v) is 14.3. The van der Waals surface area contributed by atoms with Crippen LogP contribution in [-0.2, 0) is 9.59 Å². The number of halogens is 6. The molecule has 68 heavy (non-hydrogen) atoms. The molecule has 5 aliphatic rings. The molecule has 3 aromatic carbocycles. The first kappa shape index (κ1) is 48.1. The van der Waals surface area contributed by atoms with E-state index in [9.17, 15) is 50.6 Å². The molecule has 15 nitrogen and oxygen atoms in total. The third-order valence-electron chi connectivity index (χ3n) is 14.3. The van der Waals surface area contributed by atoms with Gasteiger partial charge in [-0.3, -0.25) is 34.2 Å². The first-order chi connectivity index (χ1) is 32.3. The standard InChI is InChI=1S/C45H51F3N8O5.C2HF3O2/c1-27-2-5-29(20-37(27)55-13-10-38(57)50-44(55)61)43(60)54-14-11-45(12-15-54)23-33(24-45)53-18-16-52(17-19-53)32-9-6-30-26-56(51-36(30)21-32)31-7-3-28(4-8-31)25-49-42(59)34-22-35(46)41(58)40(48)39(34)47;3-2(4,5)1(6)7/h2,5-6,9,20-22,26,28,31,33,58H,3-4,7-8,10-19,23-25H2,1H3,(H,49,59)(H,50,57,61);(H,6,7). The summed E-state index contributed by atoms with van der Waals surface area (Å²) in [6.07, 6.45) is 4.86. The maximum Gasteiger partial charge on any atom is 0.490 e. The number of carboxylic acid groups (broad SMARTS) is 1. The predicted octanol–water partition coefficient (Wildman–Crippen LogP) is 6.92. The highest BCUT2D eigenvalue weighted by Crippen LogP contribution is 2.51. The molecule has 1 spiro atoms.